The van der Waals surface area contributed by atoms with Gasteiger partial charge in [-0.15, -0.1) is 12.4 Å². The zero-order chi connectivity index (χ0) is 21.1. The Labute approximate surface area is 179 Å². The lowest BCUT2D eigenvalue weighted by Gasteiger charge is -2.44. The Bertz CT molecular complexity index is 702. The molecule has 1 saturated heterocycles. The summed E-state index contributed by atoms with van der Waals surface area (Å²) in [6.07, 6.45) is 0.755. The molecule has 1 heterocycles. The van der Waals surface area contributed by atoms with Crippen molar-refractivity contribution < 1.29 is 19.1 Å². The third-order valence-electron chi connectivity index (χ3n) is 5.46. The molecular formula is C21H34ClN3O4. The molecule has 0 saturated carbocycles. The summed E-state index contributed by atoms with van der Waals surface area (Å²) in [4.78, 5) is 27.8. The molecule has 0 aliphatic carbocycles. The maximum absolute atomic E-state index is 13.2. The highest BCUT2D eigenvalue weighted by Crippen LogP contribution is 2.28. The summed E-state index contributed by atoms with van der Waals surface area (Å²) in [5, 5.41) is 2.90. The van der Waals surface area contributed by atoms with Crippen LogP contribution in [0.25, 0.3) is 0 Å². The monoisotopic (exact) mass is 427 g/mol. The molecule has 3 N–H and O–H groups in total. The Balaban J connectivity index is 0.00000420. The van der Waals surface area contributed by atoms with Gasteiger partial charge in [0, 0.05) is 30.8 Å². The lowest BCUT2D eigenvalue weighted by molar-refractivity contribution is -0.137. The number of amides is 2. The molecule has 2 rings (SSSR count). The van der Waals surface area contributed by atoms with Crippen LogP contribution >= 0.6 is 12.4 Å². The molecule has 0 radical (unpaired) electrons. The normalized spacial score (nSPS) is 19.2. The zero-order valence-electron chi connectivity index (χ0n) is 18.2. The van der Waals surface area contributed by atoms with E-state index in [1.54, 1.807) is 18.2 Å². The Hall–Kier alpha value is -1.99. The summed E-state index contributed by atoms with van der Waals surface area (Å²) >= 11 is 0. The van der Waals surface area contributed by atoms with Gasteiger partial charge >= 0.3 is 0 Å². The molecule has 8 heteroatoms. The van der Waals surface area contributed by atoms with Gasteiger partial charge in [0.1, 0.15) is 17.5 Å². The first kappa shape index (κ1) is 25.0. The van der Waals surface area contributed by atoms with Crippen LogP contribution in [-0.2, 0) is 4.79 Å². The second kappa shape index (κ2) is 10.2. The van der Waals surface area contributed by atoms with Gasteiger partial charge in [0.2, 0.25) is 5.91 Å². The molecule has 1 aliphatic rings. The van der Waals surface area contributed by atoms with Gasteiger partial charge in [-0.05, 0) is 29.9 Å². The van der Waals surface area contributed by atoms with Crippen molar-refractivity contribution in [3.8, 4) is 11.5 Å². The van der Waals surface area contributed by atoms with Gasteiger partial charge in [0.25, 0.3) is 5.91 Å². The number of nitrogens with zero attached hydrogens (tertiary/aromatic N) is 1. The number of hydrogen-bond donors (Lipinski definition) is 2. The minimum atomic E-state index is -0.616. The van der Waals surface area contributed by atoms with Gasteiger partial charge in [-0.25, -0.2) is 0 Å². The van der Waals surface area contributed by atoms with Crippen molar-refractivity contribution in [2.75, 3.05) is 27.3 Å². The predicted octanol–water partition coefficient (Wildman–Crippen LogP) is 2.47. The van der Waals surface area contributed by atoms with Gasteiger partial charge in [0.05, 0.1) is 14.2 Å². The number of carbonyl (C=O) groups is 2. The zero-order valence-corrected chi connectivity index (χ0v) is 19.0. The van der Waals surface area contributed by atoms with Gasteiger partial charge < -0.3 is 25.4 Å². The number of methoxy groups -OCH3 is 2. The average molecular weight is 428 g/mol. The summed E-state index contributed by atoms with van der Waals surface area (Å²) in [6.45, 7) is 9.19. The van der Waals surface area contributed by atoms with E-state index in [1.165, 1.54) is 14.2 Å². The van der Waals surface area contributed by atoms with Crippen LogP contribution in [0.3, 0.4) is 0 Å². The van der Waals surface area contributed by atoms with Crippen LogP contribution < -0.4 is 20.5 Å². The first-order valence-corrected chi connectivity index (χ1v) is 9.67. The number of rotatable bonds is 6. The third-order valence-corrected chi connectivity index (χ3v) is 5.46. The topological polar surface area (TPSA) is 93.9 Å². The lowest BCUT2D eigenvalue weighted by Crippen LogP contribution is -2.59. The van der Waals surface area contributed by atoms with Gasteiger partial charge in [0.15, 0.2) is 0 Å². The molecule has 7 nitrogen and oxygen atoms in total. The number of piperidine rings is 1. The van der Waals surface area contributed by atoms with E-state index in [4.69, 9.17) is 15.2 Å². The van der Waals surface area contributed by atoms with Gasteiger partial charge in [-0.1, -0.05) is 27.7 Å². The fourth-order valence-electron chi connectivity index (χ4n) is 3.44. The number of carbonyl (C=O) groups excluding carboxylic acids is 2. The molecule has 0 bridgehead atoms. The van der Waals surface area contributed by atoms with Crippen molar-refractivity contribution >= 4 is 24.2 Å². The van der Waals surface area contributed by atoms with E-state index < -0.39 is 6.04 Å². The molecule has 2 amide bonds. The van der Waals surface area contributed by atoms with Crippen LogP contribution in [0.2, 0.25) is 0 Å². The number of ether oxygens (including phenoxy) is 2. The van der Waals surface area contributed by atoms with Crippen molar-refractivity contribution in [3.05, 3.63) is 23.8 Å². The molecular weight excluding hydrogens is 394 g/mol. The summed E-state index contributed by atoms with van der Waals surface area (Å²) in [7, 11) is 3.05. The molecule has 2 unspecified atom stereocenters. The minimum absolute atomic E-state index is 0. The number of benzene rings is 1. The van der Waals surface area contributed by atoms with Crippen LogP contribution in [-0.4, -0.2) is 56.1 Å². The van der Waals surface area contributed by atoms with Crippen LogP contribution in [0.15, 0.2) is 18.2 Å². The summed E-state index contributed by atoms with van der Waals surface area (Å²) in [5.74, 6) is 0.574. The minimum Gasteiger partial charge on any atom is -0.497 e. The quantitative estimate of drug-likeness (QED) is 0.727. The highest BCUT2D eigenvalue weighted by Gasteiger charge is 2.38. The van der Waals surface area contributed by atoms with Crippen molar-refractivity contribution in [3.63, 3.8) is 0 Å². The van der Waals surface area contributed by atoms with Crippen molar-refractivity contribution in [1.82, 2.24) is 10.2 Å². The van der Waals surface area contributed by atoms with E-state index in [0.29, 0.717) is 30.2 Å². The SMILES string of the molecule is COc1cc(OC)cc(C(=O)NC(C(=O)N2CCC(N)C(C)(C)C2)C(C)C)c1.Cl. The lowest BCUT2D eigenvalue weighted by atomic mass is 9.79. The maximum atomic E-state index is 13.2. The highest BCUT2D eigenvalue weighted by molar-refractivity contribution is 5.98. The van der Waals surface area contributed by atoms with Crippen LogP contribution in [0, 0.1) is 11.3 Å². The van der Waals surface area contributed by atoms with Crippen molar-refractivity contribution in [2.45, 2.75) is 46.2 Å². The molecule has 164 valence electrons. The number of halogens is 1. The third kappa shape index (κ3) is 6.00. The number of likely N-dealkylation sites (tertiary alicyclic amines) is 1. The summed E-state index contributed by atoms with van der Waals surface area (Å²) in [6, 6.07) is 4.40. The Morgan fingerprint density at radius 1 is 1.17 bits per heavy atom. The number of hydrogen-bond acceptors (Lipinski definition) is 5. The molecule has 1 fully saturated rings. The largest absolute Gasteiger partial charge is 0.497 e. The van der Waals surface area contributed by atoms with Crippen molar-refractivity contribution in [1.29, 1.82) is 0 Å². The Kier molecular flexibility index (Phi) is 8.78. The summed E-state index contributed by atoms with van der Waals surface area (Å²) in [5.41, 5.74) is 6.42. The predicted molar refractivity (Wildman–Crippen MR) is 116 cm³/mol. The van der Waals surface area contributed by atoms with Crippen LogP contribution in [0.5, 0.6) is 11.5 Å². The van der Waals surface area contributed by atoms with Gasteiger partial charge in [-0.3, -0.25) is 9.59 Å². The second-order valence-corrected chi connectivity index (χ2v) is 8.44. The van der Waals surface area contributed by atoms with E-state index in [-0.39, 0.29) is 41.6 Å². The van der Waals surface area contributed by atoms with E-state index in [0.717, 1.165) is 6.42 Å². The molecule has 0 aromatic heterocycles. The first-order valence-electron chi connectivity index (χ1n) is 9.67. The first-order chi connectivity index (χ1) is 13.1. The smallest absolute Gasteiger partial charge is 0.252 e. The van der Waals surface area contributed by atoms with E-state index in [1.807, 2.05) is 18.7 Å². The highest BCUT2D eigenvalue weighted by atomic mass is 35.5. The molecule has 0 spiro atoms. The Morgan fingerprint density at radius 2 is 1.72 bits per heavy atom. The van der Waals surface area contributed by atoms with Gasteiger partial charge in [-0.2, -0.15) is 0 Å². The average Bonchev–Trinajstić information content (AvgIpc) is 2.66. The molecule has 2 atom stereocenters. The fraction of sp³-hybridized carbons (Fsp3) is 0.619. The van der Waals surface area contributed by atoms with E-state index >= 15 is 0 Å². The maximum Gasteiger partial charge on any atom is 0.252 e. The van der Waals surface area contributed by atoms with Crippen LogP contribution in [0.1, 0.15) is 44.5 Å². The fourth-order valence-corrected chi connectivity index (χ4v) is 3.44. The number of nitrogens with one attached hydrogen (secondary N) is 1. The van der Waals surface area contributed by atoms with Crippen molar-refractivity contribution in [2.24, 2.45) is 17.1 Å². The molecule has 1 aliphatic heterocycles. The Morgan fingerprint density at radius 3 is 2.17 bits per heavy atom. The summed E-state index contributed by atoms with van der Waals surface area (Å²) < 4.78 is 10.5. The van der Waals surface area contributed by atoms with E-state index in [9.17, 15) is 9.59 Å². The van der Waals surface area contributed by atoms with Crippen LogP contribution in [0.4, 0.5) is 0 Å². The molecule has 1 aromatic carbocycles. The van der Waals surface area contributed by atoms with E-state index in [2.05, 4.69) is 19.2 Å². The second-order valence-electron chi connectivity index (χ2n) is 8.44. The standard InChI is InChI=1S/C21H33N3O4.ClH/c1-13(2)18(20(26)24-8-7-17(22)21(3,4)12-24)23-19(25)14-9-15(27-5)11-16(10-14)28-6;/h9-11,13,17-18H,7-8,12,22H2,1-6H3,(H,23,25);1H. The number of nitrogens with two attached hydrogens (primary N) is 1. The molecule has 1 aromatic rings. The molecule has 29 heavy (non-hydrogen) atoms.